The van der Waals surface area contributed by atoms with Crippen LogP contribution >= 0.6 is 0 Å². The number of phenolic OH excluding ortho intramolecular Hbond substituents is 1. The molecule has 1 aromatic carbocycles. The Morgan fingerprint density at radius 2 is 1.71 bits per heavy atom. The second kappa shape index (κ2) is 8.76. The van der Waals surface area contributed by atoms with E-state index in [-0.39, 0.29) is 37.7 Å². The number of hydrogen-bond acceptors (Lipinski definition) is 6. The molecular weight excluding hydrogens is 276 g/mol. The third-order valence-electron chi connectivity index (χ3n) is 2.39. The van der Waals surface area contributed by atoms with Gasteiger partial charge in [-0.2, -0.15) is 0 Å². The summed E-state index contributed by atoms with van der Waals surface area (Å²) in [6, 6.07) is 6.11. The molecule has 0 aliphatic heterocycles. The molecular formula is C15H18O6. The van der Waals surface area contributed by atoms with Gasteiger partial charge in [-0.25, -0.2) is 9.59 Å². The van der Waals surface area contributed by atoms with Crippen LogP contribution in [0.2, 0.25) is 0 Å². The monoisotopic (exact) mass is 294 g/mol. The smallest absolute Gasteiger partial charge is 0.341 e. The fourth-order valence-electron chi connectivity index (χ4n) is 1.34. The van der Waals surface area contributed by atoms with Crippen molar-refractivity contribution < 1.29 is 28.9 Å². The van der Waals surface area contributed by atoms with E-state index < -0.39 is 11.9 Å². The summed E-state index contributed by atoms with van der Waals surface area (Å²) in [5, 5.41) is 9.46. The summed E-state index contributed by atoms with van der Waals surface area (Å²) in [6.45, 7) is 5.53. The quantitative estimate of drug-likeness (QED) is 0.446. The Morgan fingerprint density at radius 3 is 2.33 bits per heavy atom. The van der Waals surface area contributed by atoms with Crippen LogP contribution in [0.5, 0.6) is 5.75 Å². The molecule has 0 fully saturated rings. The summed E-state index contributed by atoms with van der Waals surface area (Å²) in [7, 11) is 0. The first-order valence-electron chi connectivity index (χ1n) is 6.38. The van der Waals surface area contributed by atoms with E-state index >= 15 is 0 Å². The predicted octanol–water partition coefficient (Wildman–Crippen LogP) is 1.68. The molecule has 1 N–H and O–H groups in total. The molecule has 21 heavy (non-hydrogen) atoms. The Balaban J connectivity index is 2.12. The van der Waals surface area contributed by atoms with Crippen molar-refractivity contribution in [3.05, 3.63) is 42.0 Å². The van der Waals surface area contributed by atoms with E-state index in [0.29, 0.717) is 5.57 Å². The predicted molar refractivity (Wildman–Crippen MR) is 75.0 cm³/mol. The lowest BCUT2D eigenvalue weighted by Gasteiger charge is -2.07. The van der Waals surface area contributed by atoms with E-state index in [1.54, 1.807) is 19.1 Å². The van der Waals surface area contributed by atoms with Crippen molar-refractivity contribution in [1.29, 1.82) is 0 Å². The van der Waals surface area contributed by atoms with Gasteiger partial charge in [-0.3, -0.25) is 0 Å². The molecule has 0 saturated carbocycles. The van der Waals surface area contributed by atoms with E-state index in [0.717, 1.165) is 0 Å². The lowest BCUT2D eigenvalue weighted by molar-refractivity contribution is -0.140. The minimum atomic E-state index is -0.620. The van der Waals surface area contributed by atoms with Crippen molar-refractivity contribution in [1.82, 2.24) is 0 Å². The highest BCUT2D eigenvalue weighted by atomic mass is 16.6. The zero-order valence-electron chi connectivity index (χ0n) is 11.8. The minimum absolute atomic E-state index is 0.0433. The third kappa shape index (κ3) is 6.09. The molecule has 1 aromatic rings. The van der Waals surface area contributed by atoms with Gasteiger partial charge in [-0.15, -0.1) is 0 Å². The highest BCUT2D eigenvalue weighted by Gasteiger charge is 2.11. The molecule has 0 saturated heterocycles. The van der Waals surface area contributed by atoms with Crippen molar-refractivity contribution in [2.75, 3.05) is 26.4 Å². The molecule has 1 rings (SSSR count). The number of rotatable bonds is 8. The van der Waals surface area contributed by atoms with Crippen molar-refractivity contribution in [3.63, 3.8) is 0 Å². The van der Waals surface area contributed by atoms with Gasteiger partial charge < -0.3 is 19.3 Å². The average molecular weight is 294 g/mol. The van der Waals surface area contributed by atoms with E-state index in [1.165, 1.54) is 12.1 Å². The molecule has 0 bridgehead atoms. The number of hydrogen-bond donors (Lipinski definition) is 1. The van der Waals surface area contributed by atoms with Crippen LogP contribution in [0.3, 0.4) is 0 Å². The number of ether oxygens (including phenoxy) is 3. The normalized spacial score (nSPS) is 9.95. The fourth-order valence-corrected chi connectivity index (χ4v) is 1.34. The Labute approximate surface area is 122 Å². The van der Waals surface area contributed by atoms with Crippen molar-refractivity contribution in [2.45, 2.75) is 6.92 Å². The Bertz CT molecular complexity index is 509. The van der Waals surface area contributed by atoms with Gasteiger partial charge in [0.05, 0.1) is 13.2 Å². The highest BCUT2D eigenvalue weighted by molar-refractivity contribution is 5.92. The molecule has 0 spiro atoms. The van der Waals surface area contributed by atoms with E-state index in [2.05, 4.69) is 6.58 Å². The van der Waals surface area contributed by atoms with Crippen LogP contribution in [-0.2, 0) is 19.0 Å². The SMILES string of the molecule is C=C(C)C(=O)OCCOCCOC(=O)c1ccccc1O. The maximum atomic E-state index is 11.6. The van der Waals surface area contributed by atoms with Crippen LogP contribution in [0.4, 0.5) is 0 Å². The van der Waals surface area contributed by atoms with Gasteiger partial charge in [0, 0.05) is 5.57 Å². The number of esters is 2. The van der Waals surface area contributed by atoms with E-state index in [4.69, 9.17) is 14.2 Å². The van der Waals surface area contributed by atoms with E-state index in [9.17, 15) is 14.7 Å². The molecule has 0 aliphatic carbocycles. The topological polar surface area (TPSA) is 82.1 Å². The lowest BCUT2D eigenvalue weighted by Crippen LogP contribution is -2.14. The van der Waals surface area contributed by atoms with Gasteiger partial charge in [0.2, 0.25) is 0 Å². The van der Waals surface area contributed by atoms with Crippen molar-refractivity contribution in [2.24, 2.45) is 0 Å². The molecule has 0 amide bonds. The summed E-state index contributed by atoms with van der Waals surface area (Å²) >= 11 is 0. The van der Waals surface area contributed by atoms with Crippen LogP contribution in [0, 0.1) is 0 Å². The van der Waals surface area contributed by atoms with Gasteiger partial charge in [-0.1, -0.05) is 18.7 Å². The van der Waals surface area contributed by atoms with Crippen LogP contribution in [0.15, 0.2) is 36.4 Å². The van der Waals surface area contributed by atoms with Crippen LogP contribution < -0.4 is 0 Å². The van der Waals surface area contributed by atoms with Crippen LogP contribution in [0.25, 0.3) is 0 Å². The van der Waals surface area contributed by atoms with Gasteiger partial charge in [-0.05, 0) is 19.1 Å². The zero-order chi connectivity index (χ0) is 15.7. The fraction of sp³-hybridized carbons (Fsp3) is 0.333. The molecule has 6 heteroatoms. The molecule has 0 aliphatic rings. The standard InChI is InChI=1S/C15H18O6/c1-11(2)14(17)20-9-7-19-8-10-21-15(18)12-5-3-4-6-13(12)16/h3-6,16H,1,7-10H2,2H3. The Hall–Kier alpha value is -2.34. The van der Waals surface area contributed by atoms with Crippen molar-refractivity contribution in [3.8, 4) is 5.75 Å². The summed E-state index contributed by atoms with van der Waals surface area (Å²) in [5.74, 6) is -1.22. The maximum Gasteiger partial charge on any atom is 0.341 e. The average Bonchev–Trinajstić information content (AvgIpc) is 2.46. The summed E-state index contributed by atoms with van der Waals surface area (Å²) in [5.41, 5.74) is 0.430. The number of phenols is 1. The molecule has 0 atom stereocenters. The molecule has 0 unspecified atom stereocenters. The van der Waals surface area contributed by atoms with Crippen molar-refractivity contribution >= 4 is 11.9 Å². The summed E-state index contributed by atoms with van der Waals surface area (Å²) in [4.78, 5) is 22.6. The summed E-state index contributed by atoms with van der Waals surface area (Å²) < 4.78 is 14.9. The van der Waals surface area contributed by atoms with E-state index in [1.807, 2.05) is 0 Å². The summed E-state index contributed by atoms with van der Waals surface area (Å²) in [6.07, 6.45) is 0. The maximum absolute atomic E-state index is 11.6. The largest absolute Gasteiger partial charge is 0.507 e. The van der Waals surface area contributed by atoms with Gasteiger partial charge in [0.25, 0.3) is 0 Å². The lowest BCUT2D eigenvalue weighted by atomic mass is 10.2. The minimum Gasteiger partial charge on any atom is -0.507 e. The van der Waals surface area contributed by atoms with Gasteiger partial charge in [0.1, 0.15) is 24.5 Å². The van der Waals surface area contributed by atoms with Crippen LogP contribution in [0.1, 0.15) is 17.3 Å². The molecule has 6 nitrogen and oxygen atoms in total. The first-order valence-corrected chi connectivity index (χ1v) is 6.38. The first kappa shape index (κ1) is 16.7. The number of carbonyl (C=O) groups is 2. The number of carbonyl (C=O) groups excluding carboxylic acids is 2. The van der Waals surface area contributed by atoms with Gasteiger partial charge in [0.15, 0.2) is 0 Å². The van der Waals surface area contributed by atoms with Gasteiger partial charge >= 0.3 is 11.9 Å². The second-order valence-electron chi connectivity index (χ2n) is 4.18. The first-order chi connectivity index (χ1) is 10.0. The Kier molecular flexibility index (Phi) is 6.97. The Morgan fingerprint density at radius 1 is 1.10 bits per heavy atom. The molecule has 0 radical (unpaired) electrons. The third-order valence-corrected chi connectivity index (χ3v) is 2.39. The number of para-hydroxylation sites is 1. The molecule has 114 valence electrons. The number of aromatic hydroxyl groups is 1. The highest BCUT2D eigenvalue weighted by Crippen LogP contribution is 2.16. The molecule has 0 heterocycles. The number of benzene rings is 1. The molecule has 0 aromatic heterocycles. The second-order valence-corrected chi connectivity index (χ2v) is 4.18. The van der Waals surface area contributed by atoms with Crippen LogP contribution in [-0.4, -0.2) is 43.5 Å². The zero-order valence-corrected chi connectivity index (χ0v) is 11.8.